The van der Waals surface area contributed by atoms with E-state index in [9.17, 15) is 30.0 Å². The van der Waals surface area contributed by atoms with Crippen molar-refractivity contribution >= 4 is 18.0 Å². The summed E-state index contributed by atoms with van der Waals surface area (Å²) in [7, 11) is 6.49. The highest BCUT2D eigenvalue weighted by Crippen LogP contribution is 2.71. The number of carbonyl (C=O) groups is 2. The first-order chi connectivity index (χ1) is 40.2. The van der Waals surface area contributed by atoms with Crippen LogP contribution in [0.4, 0.5) is 0 Å². The summed E-state index contributed by atoms with van der Waals surface area (Å²) >= 11 is 0. The number of hydrogen-bond acceptors (Lipinski definition) is 20. The predicted octanol–water partition coefficient (Wildman–Crippen LogP) is 7.18. The van der Waals surface area contributed by atoms with Crippen LogP contribution in [0.3, 0.4) is 0 Å². The van der Waals surface area contributed by atoms with Crippen molar-refractivity contribution in [1.29, 1.82) is 0 Å². The summed E-state index contributed by atoms with van der Waals surface area (Å²) < 4.78 is 88.1. The summed E-state index contributed by atoms with van der Waals surface area (Å²) in [4.78, 5) is 27.3. The predicted molar refractivity (Wildman–Crippen MR) is 309 cm³/mol. The van der Waals surface area contributed by atoms with E-state index in [4.69, 9.17) is 66.3 Å². The van der Waals surface area contributed by atoms with Crippen LogP contribution < -0.4 is 0 Å². The van der Waals surface area contributed by atoms with Gasteiger partial charge in [0.2, 0.25) is 0 Å². The molecule has 0 unspecified atom stereocenters. The molecule has 0 radical (unpaired) electrons. The molecule has 4 aliphatic carbocycles. The third-order valence-corrected chi connectivity index (χ3v) is 21.3. The van der Waals surface area contributed by atoms with Crippen LogP contribution in [0.2, 0.25) is 0 Å². The van der Waals surface area contributed by atoms with Gasteiger partial charge in [-0.1, -0.05) is 75.2 Å². The number of methoxy groups -OCH3 is 4. The maximum Gasteiger partial charge on any atom is 0.331 e. The first-order valence-electron chi connectivity index (χ1n) is 31.0. The van der Waals surface area contributed by atoms with Gasteiger partial charge in [0.1, 0.15) is 53.4 Å². The largest absolute Gasteiger partial charge is 0.458 e. The van der Waals surface area contributed by atoms with Crippen LogP contribution >= 0.6 is 0 Å². The van der Waals surface area contributed by atoms with Crippen molar-refractivity contribution in [2.75, 3.05) is 28.4 Å². The number of ether oxygens (including phenoxy) is 14. The molecule has 4 N–H and O–H groups in total. The molecule has 1 aromatic rings. The molecule has 20 nitrogen and oxygen atoms in total. The lowest BCUT2D eigenvalue weighted by atomic mass is 9.42. The van der Waals surface area contributed by atoms with Crippen LogP contribution in [-0.2, 0) is 75.9 Å². The molecule has 20 heteroatoms. The highest BCUT2D eigenvalue weighted by atomic mass is 16.8. The lowest BCUT2D eigenvalue weighted by Crippen LogP contribution is -2.78. The number of allylic oxidation sites excluding steroid dienone is 1. The number of rotatable bonds is 19. The monoisotopic (exact) mass is 1200 g/mol. The van der Waals surface area contributed by atoms with Gasteiger partial charge in [0.05, 0.1) is 60.4 Å². The van der Waals surface area contributed by atoms with Crippen molar-refractivity contribution in [3.8, 4) is 0 Å². The van der Waals surface area contributed by atoms with E-state index in [-0.39, 0.29) is 43.8 Å². The van der Waals surface area contributed by atoms with E-state index < -0.39 is 150 Å². The highest BCUT2D eigenvalue weighted by molar-refractivity contribution is 5.87. The number of esters is 2. The number of aliphatic hydroxyl groups excluding tert-OH is 1. The maximum absolute atomic E-state index is 14.0. The van der Waals surface area contributed by atoms with Crippen LogP contribution in [0.1, 0.15) is 145 Å². The zero-order valence-electron chi connectivity index (χ0n) is 52.4. The summed E-state index contributed by atoms with van der Waals surface area (Å²) in [6, 6.07) is 9.34. The van der Waals surface area contributed by atoms with E-state index in [1.165, 1.54) is 12.2 Å². The third kappa shape index (κ3) is 12.8. The van der Waals surface area contributed by atoms with Gasteiger partial charge < -0.3 is 86.7 Å². The third-order valence-electron chi connectivity index (χ3n) is 21.3. The Morgan fingerprint density at radius 2 is 1.16 bits per heavy atom. The molecule has 1 aromatic carbocycles. The minimum Gasteiger partial charge on any atom is -0.458 e. The second-order valence-corrected chi connectivity index (χ2v) is 26.3. The van der Waals surface area contributed by atoms with Gasteiger partial charge in [0.25, 0.3) is 0 Å². The van der Waals surface area contributed by atoms with Crippen molar-refractivity contribution in [3.05, 3.63) is 65.3 Å². The lowest BCUT2D eigenvalue weighted by molar-refractivity contribution is -0.347. The topological polar surface area (TPSA) is 244 Å². The first-order valence-corrected chi connectivity index (χ1v) is 31.0. The molecule has 7 fully saturated rings. The molecule has 8 aliphatic rings. The SMILES string of the molecule is CO[C@H]1C[C@H](O[C@H]2[C@@H](OC)C[C@H](O[C@H]3CC[C@@]4(C)C(=CC[C@]5(O)[C@@H]4C[C@@H](OC(=O)/C=C/c4ccccc4)[C@@]4(C)[C@]5(O)CC[C@@]4(O)[C@@H](C)OC(=O)/C=C(\C)C(C)C)C3)O[C@@H]2C)O[C@@H](C)[C@H]1O[C@H]1C[C@H](OC)[C@H](O[C@H]2C[C@@H](OC)[C@@H](O)[C@H](C)O2)[C@@H](C)O1. The summed E-state index contributed by atoms with van der Waals surface area (Å²) in [5.74, 6) is -1.81. The standard InChI is InChI=1S/C65H98O20/c1-35(2)36(3)28-52(67)80-41(8)63(69)26-27-65(71)62(63,10)50(82-51(66)21-20-42-18-16-15-17-19-42)34-49-61(9)24-23-44(29-43(61)22-25-64(49,65)70)81-53-31-46(73-12)58(38(5)77-53)84-55-33-48(75-14)60(40(7)79-55)85-56-32-47(74-13)59(39(6)78-56)83-54-30-45(72-11)57(68)37(4)76-54/h15-22,28,35,37-41,44-50,53-60,68-71H,23-27,29-34H2,1-14H3/b21-20+,36-28+/t37-,38+,39+,40-,41+,44-,45+,46-,47-,48-,49+,50+,53-,54-,55-,56-,57-,58+,59+,60+,61-,62+,63+,64-,65+/m0/s1. The number of fused-ring (bicyclic) bond motifs is 5. The van der Waals surface area contributed by atoms with E-state index in [2.05, 4.69) is 6.92 Å². The molecule has 4 saturated heterocycles. The van der Waals surface area contributed by atoms with Crippen molar-refractivity contribution in [3.63, 3.8) is 0 Å². The Hall–Kier alpha value is -3.26. The van der Waals surface area contributed by atoms with Crippen LogP contribution in [0.15, 0.2) is 59.7 Å². The summed E-state index contributed by atoms with van der Waals surface area (Å²) in [5, 5.41) is 50.3. The average molecular weight is 1200 g/mol. The Bertz CT molecular complexity index is 2530. The molecule has 25 atom stereocenters. The van der Waals surface area contributed by atoms with Crippen LogP contribution in [0.25, 0.3) is 6.08 Å². The molecule has 0 aromatic heterocycles. The van der Waals surface area contributed by atoms with Gasteiger partial charge in [-0.3, -0.25) is 0 Å². The number of aliphatic hydroxyl groups is 4. The van der Waals surface area contributed by atoms with Crippen molar-refractivity contribution in [2.45, 2.75) is 273 Å². The van der Waals surface area contributed by atoms with E-state index in [1.54, 1.807) is 55.3 Å². The van der Waals surface area contributed by atoms with Crippen molar-refractivity contribution in [2.24, 2.45) is 22.7 Å². The normalized spacial score (nSPS) is 45.3. The minimum absolute atomic E-state index is 0.0240. The molecule has 0 amide bonds. The molecule has 478 valence electrons. The van der Waals surface area contributed by atoms with Crippen LogP contribution in [0, 0.1) is 22.7 Å². The molecule has 0 bridgehead atoms. The molecular formula is C65H98O20. The van der Waals surface area contributed by atoms with Crippen molar-refractivity contribution in [1.82, 2.24) is 0 Å². The second-order valence-electron chi connectivity index (χ2n) is 26.3. The fraction of sp³-hybridized carbons (Fsp3) is 0.785. The maximum atomic E-state index is 14.0. The first kappa shape index (κ1) is 66.2. The Balaban J connectivity index is 0.835. The Morgan fingerprint density at radius 3 is 1.68 bits per heavy atom. The molecule has 9 rings (SSSR count). The molecule has 3 saturated carbocycles. The molecule has 85 heavy (non-hydrogen) atoms. The van der Waals surface area contributed by atoms with Gasteiger partial charge >= 0.3 is 11.9 Å². The zero-order valence-corrected chi connectivity index (χ0v) is 52.4. The molecule has 0 spiro atoms. The number of carbonyl (C=O) groups excluding carboxylic acids is 2. The van der Waals surface area contributed by atoms with Gasteiger partial charge in [0, 0.05) is 72.2 Å². The minimum atomic E-state index is -1.99. The summed E-state index contributed by atoms with van der Waals surface area (Å²) in [6.07, 6.45) is -0.993. The fourth-order valence-corrected chi connectivity index (χ4v) is 15.8. The van der Waals surface area contributed by atoms with Gasteiger partial charge in [-0.15, -0.1) is 0 Å². The highest BCUT2D eigenvalue weighted by Gasteiger charge is 2.81. The van der Waals surface area contributed by atoms with E-state index in [0.29, 0.717) is 44.9 Å². The molecular weight excluding hydrogens is 1100 g/mol. The van der Waals surface area contributed by atoms with Gasteiger partial charge in [-0.25, -0.2) is 9.59 Å². The van der Waals surface area contributed by atoms with E-state index in [0.717, 1.165) is 16.7 Å². The number of benzene rings is 1. The Labute approximate surface area is 502 Å². The van der Waals surface area contributed by atoms with Crippen molar-refractivity contribution < 1.29 is 96.3 Å². The quantitative estimate of drug-likeness (QED) is 0.0609. The van der Waals surface area contributed by atoms with Crippen LogP contribution in [0.5, 0.6) is 0 Å². The van der Waals surface area contributed by atoms with Gasteiger partial charge in [-0.05, 0) is 109 Å². The smallest absolute Gasteiger partial charge is 0.331 e. The molecule has 4 aliphatic heterocycles. The Kier molecular flexibility index (Phi) is 20.8. The Morgan fingerprint density at radius 1 is 0.659 bits per heavy atom. The number of hydrogen-bond donors (Lipinski definition) is 4. The van der Waals surface area contributed by atoms with Gasteiger partial charge in [0.15, 0.2) is 25.2 Å². The average Bonchev–Trinajstić information content (AvgIpc) is 1.61. The second kappa shape index (κ2) is 26.7. The van der Waals surface area contributed by atoms with Gasteiger partial charge in [-0.2, -0.15) is 0 Å². The fourth-order valence-electron chi connectivity index (χ4n) is 15.8. The lowest BCUT2D eigenvalue weighted by Gasteiger charge is -2.67. The zero-order chi connectivity index (χ0) is 61.6. The van der Waals surface area contributed by atoms with E-state index >= 15 is 0 Å². The molecule has 4 heterocycles. The van der Waals surface area contributed by atoms with E-state index in [1.807, 2.05) is 78.0 Å². The van der Waals surface area contributed by atoms with Crippen LogP contribution in [-0.4, -0.2) is 194 Å². The summed E-state index contributed by atoms with van der Waals surface area (Å²) in [5.41, 5.74) is -5.35. The summed E-state index contributed by atoms with van der Waals surface area (Å²) in [6.45, 7) is 18.7.